The van der Waals surface area contributed by atoms with Gasteiger partial charge in [-0.2, -0.15) is 0 Å². The Balaban J connectivity index is 2.84. The van der Waals surface area contributed by atoms with Crippen molar-refractivity contribution in [1.29, 1.82) is 0 Å². The lowest BCUT2D eigenvalue weighted by molar-refractivity contribution is -0.159. The zero-order chi connectivity index (χ0) is 21.5. The van der Waals surface area contributed by atoms with Crippen LogP contribution in [0.5, 0.6) is 0 Å². The Morgan fingerprint density at radius 2 is 1.57 bits per heavy atom. The third-order valence-electron chi connectivity index (χ3n) is 4.43. The third-order valence-corrected chi connectivity index (χ3v) is 4.43. The summed E-state index contributed by atoms with van der Waals surface area (Å²) >= 11 is 0. The van der Waals surface area contributed by atoms with E-state index in [1.165, 1.54) is 0 Å². The van der Waals surface area contributed by atoms with Crippen molar-refractivity contribution in [3.05, 3.63) is 0 Å². The Bertz CT molecular complexity index is 534. The fourth-order valence-electron chi connectivity index (χ4n) is 3.21. The molecule has 162 valence electrons. The normalized spacial score (nSPS) is 19.4. The van der Waals surface area contributed by atoms with Gasteiger partial charge in [-0.05, 0) is 64.8 Å². The van der Waals surface area contributed by atoms with E-state index in [0.717, 1.165) is 19.4 Å². The van der Waals surface area contributed by atoms with E-state index >= 15 is 0 Å². The predicted octanol–water partition coefficient (Wildman–Crippen LogP) is 2.14. The molecule has 3 atom stereocenters. The van der Waals surface area contributed by atoms with Crippen LogP contribution in [0.15, 0.2) is 0 Å². The highest BCUT2D eigenvalue weighted by atomic mass is 16.6. The highest BCUT2D eigenvalue weighted by Gasteiger charge is 2.32. The van der Waals surface area contributed by atoms with E-state index in [2.05, 4.69) is 16.0 Å². The van der Waals surface area contributed by atoms with Crippen molar-refractivity contribution in [2.45, 2.75) is 97.9 Å². The maximum absolute atomic E-state index is 12.9. The molecule has 0 unspecified atom stereocenters. The molecule has 0 aromatic heterocycles. The van der Waals surface area contributed by atoms with Gasteiger partial charge in [0.05, 0.1) is 6.04 Å². The van der Waals surface area contributed by atoms with Crippen molar-refractivity contribution in [3.63, 3.8) is 0 Å². The number of amides is 2. The number of nitrogens with one attached hydrogen (secondary N) is 3. The molecular weight excluding hydrogens is 358 g/mol. The molecular formula is C21H39N3O4. The number of carbonyl (C=O) groups excluding carboxylic acids is 3. The fourth-order valence-corrected chi connectivity index (χ4v) is 3.21. The summed E-state index contributed by atoms with van der Waals surface area (Å²) in [6, 6.07) is -1.66. The minimum atomic E-state index is -0.733. The molecule has 1 rings (SSSR count). The first-order valence-electron chi connectivity index (χ1n) is 10.5. The van der Waals surface area contributed by atoms with Gasteiger partial charge in [0.2, 0.25) is 11.8 Å². The molecule has 7 nitrogen and oxygen atoms in total. The van der Waals surface area contributed by atoms with E-state index in [1.807, 2.05) is 27.7 Å². The first-order valence-corrected chi connectivity index (χ1v) is 10.5. The van der Waals surface area contributed by atoms with Gasteiger partial charge in [0, 0.05) is 0 Å². The van der Waals surface area contributed by atoms with Gasteiger partial charge in [-0.25, -0.2) is 4.79 Å². The molecule has 1 aliphatic heterocycles. The topological polar surface area (TPSA) is 96.5 Å². The van der Waals surface area contributed by atoms with Crippen LogP contribution in [0.1, 0.15) is 74.1 Å². The SMILES string of the molecule is CC(C)C[C@H](NC(=O)[C@@H]1CCCN1)C(=O)N[C@H](CC(C)C)C(=O)OC(C)(C)C. The van der Waals surface area contributed by atoms with Gasteiger partial charge in [0.15, 0.2) is 0 Å². The quantitative estimate of drug-likeness (QED) is 0.518. The van der Waals surface area contributed by atoms with Crippen molar-refractivity contribution in [2.75, 3.05) is 6.54 Å². The maximum atomic E-state index is 12.9. The summed E-state index contributed by atoms with van der Waals surface area (Å²) in [4.78, 5) is 38.0. The molecule has 1 aliphatic rings. The summed E-state index contributed by atoms with van der Waals surface area (Å²) in [6.45, 7) is 14.2. The first-order chi connectivity index (χ1) is 12.9. The van der Waals surface area contributed by atoms with Crippen molar-refractivity contribution in [1.82, 2.24) is 16.0 Å². The average molecular weight is 398 g/mol. The van der Waals surface area contributed by atoms with Crippen molar-refractivity contribution in [3.8, 4) is 0 Å². The molecule has 2 amide bonds. The van der Waals surface area contributed by atoms with Crippen LogP contribution in [-0.4, -0.2) is 48.1 Å². The monoisotopic (exact) mass is 397 g/mol. The molecule has 0 bridgehead atoms. The van der Waals surface area contributed by atoms with Crippen LogP contribution < -0.4 is 16.0 Å². The average Bonchev–Trinajstić information content (AvgIpc) is 3.05. The maximum Gasteiger partial charge on any atom is 0.329 e. The Hall–Kier alpha value is -1.63. The fraction of sp³-hybridized carbons (Fsp3) is 0.857. The lowest BCUT2D eigenvalue weighted by Crippen LogP contribution is -2.55. The van der Waals surface area contributed by atoms with Crippen LogP contribution in [0.3, 0.4) is 0 Å². The molecule has 0 aromatic carbocycles. The molecule has 0 radical (unpaired) electrons. The van der Waals surface area contributed by atoms with Crippen LogP contribution in [0.4, 0.5) is 0 Å². The number of ether oxygens (including phenoxy) is 1. The van der Waals surface area contributed by atoms with Crippen LogP contribution in [-0.2, 0) is 19.1 Å². The second kappa shape index (κ2) is 10.8. The number of rotatable bonds is 9. The van der Waals surface area contributed by atoms with Gasteiger partial charge in [0.1, 0.15) is 17.7 Å². The molecule has 3 N–H and O–H groups in total. The summed E-state index contributed by atoms with van der Waals surface area (Å²) < 4.78 is 5.47. The smallest absolute Gasteiger partial charge is 0.329 e. The number of hydrogen-bond donors (Lipinski definition) is 3. The van der Waals surface area contributed by atoms with E-state index in [-0.39, 0.29) is 29.7 Å². The minimum Gasteiger partial charge on any atom is -0.458 e. The van der Waals surface area contributed by atoms with Crippen molar-refractivity contribution >= 4 is 17.8 Å². The van der Waals surface area contributed by atoms with E-state index in [1.54, 1.807) is 20.8 Å². The second-order valence-corrected chi connectivity index (χ2v) is 9.56. The van der Waals surface area contributed by atoms with E-state index in [4.69, 9.17) is 4.74 Å². The summed E-state index contributed by atoms with van der Waals surface area (Å²) in [5, 5.41) is 8.84. The zero-order valence-electron chi connectivity index (χ0n) is 18.6. The highest BCUT2D eigenvalue weighted by Crippen LogP contribution is 2.14. The van der Waals surface area contributed by atoms with Crippen LogP contribution in [0.2, 0.25) is 0 Å². The van der Waals surface area contributed by atoms with Crippen molar-refractivity contribution < 1.29 is 19.1 Å². The van der Waals surface area contributed by atoms with E-state index < -0.39 is 23.7 Å². The summed E-state index contributed by atoms with van der Waals surface area (Å²) in [6.07, 6.45) is 2.71. The van der Waals surface area contributed by atoms with Gasteiger partial charge in [-0.1, -0.05) is 27.7 Å². The zero-order valence-corrected chi connectivity index (χ0v) is 18.6. The van der Waals surface area contributed by atoms with Gasteiger partial charge >= 0.3 is 5.97 Å². The van der Waals surface area contributed by atoms with Crippen LogP contribution in [0.25, 0.3) is 0 Å². The number of hydrogen-bond acceptors (Lipinski definition) is 5. The Labute approximate surface area is 169 Å². The summed E-state index contributed by atoms with van der Waals surface area (Å²) in [5.41, 5.74) is -0.628. The predicted molar refractivity (Wildman–Crippen MR) is 110 cm³/mol. The Kier molecular flexibility index (Phi) is 9.40. The summed E-state index contributed by atoms with van der Waals surface area (Å²) in [7, 11) is 0. The van der Waals surface area contributed by atoms with Gasteiger partial charge in [-0.15, -0.1) is 0 Å². The molecule has 0 aliphatic carbocycles. The Morgan fingerprint density at radius 3 is 2.04 bits per heavy atom. The minimum absolute atomic E-state index is 0.157. The molecule has 0 saturated carbocycles. The van der Waals surface area contributed by atoms with E-state index in [9.17, 15) is 14.4 Å². The highest BCUT2D eigenvalue weighted by molar-refractivity contribution is 5.92. The van der Waals surface area contributed by atoms with Crippen molar-refractivity contribution in [2.24, 2.45) is 11.8 Å². The molecule has 1 heterocycles. The first kappa shape index (κ1) is 24.4. The molecule has 0 spiro atoms. The molecule has 1 saturated heterocycles. The molecule has 28 heavy (non-hydrogen) atoms. The largest absolute Gasteiger partial charge is 0.458 e. The molecule has 1 fully saturated rings. The standard InChI is InChI=1S/C21H39N3O4/c1-13(2)11-16(23-18(25)15-9-8-10-22-15)19(26)24-17(12-14(3)4)20(27)28-21(5,6)7/h13-17,22H,8-12H2,1-7H3,(H,23,25)(H,24,26)/t15-,16-,17+/m0/s1. The number of carbonyl (C=O) groups is 3. The van der Waals surface area contributed by atoms with E-state index in [0.29, 0.717) is 12.8 Å². The van der Waals surface area contributed by atoms with Gasteiger partial charge < -0.3 is 20.7 Å². The van der Waals surface area contributed by atoms with Crippen LogP contribution >= 0.6 is 0 Å². The van der Waals surface area contributed by atoms with Gasteiger partial charge in [0.25, 0.3) is 0 Å². The molecule has 7 heteroatoms. The van der Waals surface area contributed by atoms with Gasteiger partial charge in [-0.3, -0.25) is 9.59 Å². The number of esters is 1. The lowest BCUT2D eigenvalue weighted by Gasteiger charge is -2.28. The molecule has 0 aromatic rings. The second-order valence-electron chi connectivity index (χ2n) is 9.56. The lowest BCUT2D eigenvalue weighted by atomic mass is 10.00. The third kappa shape index (κ3) is 9.04. The van der Waals surface area contributed by atoms with Crippen LogP contribution in [0, 0.1) is 11.8 Å². The Morgan fingerprint density at radius 1 is 1.00 bits per heavy atom. The summed E-state index contributed by atoms with van der Waals surface area (Å²) in [5.74, 6) is -0.509.